The third kappa shape index (κ3) is 4.02. The Morgan fingerprint density at radius 2 is 1.42 bits per heavy atom. The predicted molar refractivity (Wildman–Crippen MR) is 143 cm³/mol. The molecule has 0 spiro atoms. The normalized spacial score (nSPS) is 11.3. The molecule has 5 aromatic rings. The van der Waals surface area contributed by atoms with E-state index in [2.05, 4.69) is 5.32 Å². The molecule has 3 aromatic carbocycles. The fraction of sp³-hybridized carbons (Fsp3) is 0.207. The van der Waals surface area contributed by atoms with Gasteiger partial charge in [-0.15, -0.1) is 0 Å². The Kier molecular flexibility index (Phi) is 5.84. The minimum atomic E-state index is -0.546. The molecule has 2 aromatic heterocycles. The van der Waals surface area contributed by atoms with Crippen LogP contribution in [0.15, 0.2) is 76.3 Å². The molecule has 0 aliphatic heterocycles. The first-order chi connectivity index (χ1) is 17.2. The van der Waals surface area contributed by atoms with Crippen molar-refractivity contribution < 1.29 is 4.79 Å². The molecule has 5 rings (SSSR count). The van der Waals surface area contributed by atoms with Gasteiger partial charge < -0.3 is 9.88 Å². The Balaban J connectivity index is 1.68. The van der Waals surface area contributed by atoms with E-state index in [4.69, 9.17) is 0 Å². The van der Waals surface area contributed by atoms with Gasteiger partial charge in [-0.25, -0.2) is 9.36 Å². The molecule has 0 saturated heterocycles. The molecule has 0 fully saturated rings. The molecule has 1 N–H and O–H groups in total. The number of amides is 1. The average molecular weight is 481 g/mol. The number of carbonyl (C=O) groups excluding carboxylic acids is 1. The largest absolute Gasteiger partial charge is 0.350 e. The fourth-order valence-corrected chi connectivity index (χ4v) is 4.64. The smallest absolute Gasteiger partial charge is 0.336 e. The van der Waals surface area contributed by atoms with Gasteiger partial charge in [-0.2, -0.15) is 0 Å². The number of nitrogens with zero attached hydrogens (tertiary/aromatic N) is 3. The number of carbonyl (C=O) groups is 1. The maximum absolute atomic E-state index is 13.8. The van der Waals surface area contributed by atoms with Crippen LogP contribution < -0.4 is 16.6 Å². The highest BCUT2D eigenvalue weighted by molar-refractivity contribution is 6.06. The SMILES string of the molecule is Cc1ccc(CNC(=O)Cn2c(=O)n(-c3ccc(C)cc3)c(=O)c3c2c2cc(C)ccc2n3C)cc1. The highest BCUT2D eigenvalue weighted by Gasteiger charge is 2.22. The third-order valence-corrected chi connectivity index (χ3v) is 6.63. The molecule has 7 nitrogen and oxygen atoms in total. The number of hydrogen-bond acceptors (Lipinski definition) is 3. The Hall–Kier alpha value is -4.39. The molecule has 0 unspecified atom stereocenters. The Morgan fingerprint density at radius 3 is 2.08 bits per heavy atom. The van der Waals surface area contributed by atoms with E-state index in [1.165, 1.54) is 4.57 Å². The summed E-state index contributed by atoms with van der Waals surface area (Å²) in [7, 11) is 1.81. The molecule has 0 radical (unpaired) electrons. The molecule has 0 bridgehead atoms. The van der Waals surface area contributed by atoms with Gasteiger partial charge in [-0.1, -0.05) is 59.2 Å². The summed E-state index contributed by atoms with van der Waals surface area (Å²) in [5.74, 6) is -0.308. The topological polar surface area (TPSA) is 78.0 Å². The zero-order chi connectivity index (χ0) is 25.6. The van der Waals surface area contributed by atoms with Gasteiger partial charge in [-0.05, 0) is 50.6 Å². The van der Waals surface area contributed by atoms with Crippen LogP contribution in [0.3, 0.4) is 0 Å². The minimum Gasteiger partial charge on any atom is -0.350 e. The number of aryl methyl sites for hydroxylation is 4. The molecule has 0 saturated carbocycles. The van der Waals surface area contributed by atoms with E-state index in [0.29, 0.717) is 23.3 Å². The van der Waals surface area contributed by atoms with E-state index < -0.39 is 11.2 Å². The van der Waals surface area contributed by atoms with Gasteiger partial charge >= 0.3 is 5.69 Å². The van der Waals surface area contributed by atoms with E-state index in [1.807, 2.05) is 82.4 Å². The van der Waals surface area contributed by atoms with E-state index >= 15 is 0 Å². The summed E-state index contributed by atoms with van der Waals surface area (Å²) in [5, 5.41) is 3.68. The Bertz CT molecular complexity index is 1740. The molecular weight excluding hydrogens is 452 g/mol. The zero-order valence-corrected chi connectivity index (χ0v) is 20.8. The lowest BCUT2D eigenvalue weighted by molar-refractivity contribution is -0.121. The maximum Gasteiger partial charge on any atom is 0.336 e. The summed E-state index contributed by atoms with van der Waals surface area (Å²) < 4.78 is 4.38. The summed E-state index contributed by atoms with van der Waals surface area (Å²) in [6, 6.07) is 21.0. The lowest BCUT2D eigenvalue weighted by atomic mass is 10.1. The lowest BCUT2D eigenvalue weighted by Crippen LogP contribution is -2.42. The van der Waals surface area contributed by atoms with Crippen LogP contribution in [-0.2, 0) is 24.9 Å². The van der Waals surface area contributed by atoms with Crippen LogP contribution in [0, 0.1) is 20.8 Å². The lowest BCUT2D eigenvalue weighted by Gasteiger charge is -2.14. The van der Waals surface area contributed by atoms with Gasteiger partial charge in [0.15, 0.2) is 0 Å². The van der Waals surface area contributed by atoms with Crippen LogP contribution in [0.2, 0.25) is 0 Å². The number of rotatable bonds is 5. The second-order valence-electron chi connectivity index (χ2n) is 9.38. The van der Waals surface area contributed by atoms with Crippen molar-refractivity contribution in [2.24, 2.45) is 7.05 Å². The monoisotopic (exact) mass is 480 g/mol. The van der Waals surface area contributed by atoms with Crippen molar-refractivity contribution in [2.45, 2.75) is 33.9 Å². The fourth-order valence-electron chi connectivity index (χ4n) is 4.64. The van der Waals surface area contributed by atoms with Crippen LogP contribution in [0.25, 0.3) is 27.6 Å². The number of aromatic nitrogens is 3. The summed E-state index contributed by atoms with van der Waals surface area (Å²) in [5.41, 5.74) is 5.31. The van der Waals surface area contributed by atoms with Gasteiger partial charge in [0, 0.05) is 19.0 Å². The van der Waals surface area contributed by atoms with E-state index in [1.54, 1.807) is 16.7 Å². The second kappa shape index (κ2) is 9.00. The summed E-state index contributed by atoms with van der Waals surface area (Å²) in [6.07, 6.45) is 0. The van der Waals surface area contributed by atoms with Gasteiger partial charge in [0.2, 0.25) is 5.91 Å². The number of fused-ring (bicyclic) bond motifs is 3. The van der Waals surface area contributed by atoms with Crippen molar-refractivity contribution in [3.8, 4) is 5.69 Å². The summed E-state index contributed by atoms with van der Waals surface area (Å²) >= 11 is 0. The summed E-state index contributed by atoms with van der Waals surface area (Å²) in [6.45, 7) is 6.06. The van der Waals surface area contributed by atoms with E-state index in [9.17, 15) is 14.4 Å². The van der Waals surface area contributed by atoms with Gasteiger partial charge in [0.05, 0.1) is 16.7 Å². The molecule has 0 aliphatic carbocycles. The van der Waals surface area contributed by atoms with Crippen molar-refractivity contribution >= 4 is 27.8 Å². The van der Waals surface area contributed by atoms with Crippen molar-refractivity contribution in [1.29, 1.82) is 0 Å². The first-order valence-electron chi connectivity index (χ1n) is 11.9. The Morgan fingerprint density at radius 1 is 0.806 bits per heavy atom. The van der Waals surface area contributed by atoms with Crippen LogP contribution in [0.4, 0.5) is 0 Å². The highest BCUT2D eigenvalue weighted by atomic mass is 16.2. The van der Waals surface area contributed by atoms with Crippen molar-refractivity contribution in [3.63, 3.8) is 0 Å². The van der Waals surface area contributed by atoms with Crippen LogP contribution in [0.1, 0.15) is 22.3 Å². The molecule has 182 valence electrons. The third-order valence-electron chi connectivity index (χ3n) is 6.63. The van der Waals surface area contributed by atoms with Crippen LogP contribution in [0.5, 0.6) is 0 Å². The van der Waals surface area contributed by atoms with Crippen molar-refractivity contribution in [3.05, 3.63) is 110 Å². The van der Waals surface area contributed by atoms with Gasteiger partial charge in [-0.3, -0.25) is 14.2 Å². The predicted octanol–water partition coefficient (Wildman–Crippen LogP) is 3.89. The van der Waals surface area contributed by atoms with E-state index in [0.717, 1.165) is 37.7 Å². The molecule has 2 heterocycles. The van der Waals surface area contributed by atoms with E-state index in [-0.39, 0.29) is 12.5 Å². The number of hydrogen-bond donors (Lipinski definition) is 1. The second-order valence-corrected chi connectivity index (χ2v) is 9.38. The van der Waals surface area contributed by atoms with Crippen molar-refractivity contribution in [2.75, 3.05) is 0 Å². The molecule has 7 heteroatoms. The molecular formula is C29H28N4O3. The van der Waals surface area contributed by atoms with Gasteiger partial charge in [0.25, 0.3) is 5.56 Å². The standard InChI is InChI=1S/C29H28N4O3/c1-18-5-10-21(11-6-18)16-30-25(34)17-32-26-23-15-20(3)9-14-24(23)31(4)27(26)28(35)33(29(32)36)22-12-7-19(2)8-13-22/h5-15H,16-17H2,1-4H3,(H,30,34). The molecule has 0 atom stereocenters. The quantitative estimate of drug-likeness (QED) is 0.415. The van der Waals surface area contributed by atoms with Crippen molar-refractivity contribution in [1.82, 2.24) is 19.0 Å². The van der Waals surface area contributed by atoms with Crippen LogP contribution in [-0.4, -0.2) is 19.6 Å². The van der Waals surface area contributed by atoms with Gasteiger partial charge in [0.1, 0.15) is 12.1 Å². The number of benzene rings is 3. The maximum atomic E-state index is 13.8. The summed E-state index contributed by atoms with van der Waals surface area (Å²) in [4.78, 5) is 40.6. The minimum absolute atomic E-state index is 0.208. The molecule has 1 amide bonds. The molecule has 36 heavy (non-hydrogen) atoms. The first kappa shape index (κ1) is 23.4. The highest BCUT2D eigenvalue weighted by Crippen LogP contribution is 2.26. The molecule has 0 aliphatic rings. The van der Waals surface area contributed by atoms with Crippen LogP contribution >= 0.6 is 0 Å². The number of nitrogens with one attached hydrogen (secondary N) is 1. The average Bonchev–Trinajstić information content (AvgIpc) is 3.14. The first-order valence-corrected chi connectivity index (χ1v) is 11.9. The Labute approximate surface area is 208 Å². The zero-order valence-electron chi connectivity index (χ0n) is 20.8.